The number of alkyl halides is 6. The van der Waals surface area contributed by atoms with Crippen LogP contribution in [0.1, 0.15) is 0 Å². The number of aromatic nitrogens is 2. The Hall–Kier alpha value is -1.54. The van der Waals surface area contributed by atoms with Gasteiger partial charge in [-0.25, -0.2) is 4.98 Å². The van der Waals surface area contributed by atoms with Crippen LogP contribution < -0.4 is 4.74 Å². The van der Waals surface area contributed by atoms with Crippen LogP contribution in [0, 0.1) is 0 Å². The highest BCUT2D eigenvalue weighted by Gasteiger charge is 2.59. The molecule has 0 fully saturated rings. The third-order valence-corrected chi connectivity index (χ3v) is 1.37. The summed E-state index contributed by atoms with van der Waals surface area (Å²) in [7, 11) is 0. The molecular formula is C7H4F6N2O. The van der Waals surface area contributed by atoms with Crippen LogP contribution in [0.25, 0.3) is 0 Å². The zero-order chi connectivity index (χ0) is 12.4. The van der Waals surface area contributed by atoms with Crippen LogP contribution in [0.15, 0.2) is 18.6 Å². The first kappa shape index (κ1) is 12.5. The van der Waals surface area contributed by atoms with E-state index in [1.807, 2.05) is 0 Å². The van der Waals surface area contributed by atoms with Crippen molar-refractivity contribution in [1.82, 2.24) is 9.97 Å². The minimum Gasteiger partial charge on any atom is -0.454 e. The van der Waals surface area contributed by atoms with Gasteiger partial charge in [0.25, 0.3) is 6.10 Å². The highest BCUT2D eigenvalue weighted by atomic mass is 19.4. The number of hydrogen-bond donors (Lipinski definition) is 0. The molecule has 0 amide bonds. The quantitative estimate of drug-likeness (QED) is 0.751. The lowest BCUT2D eigenvalue weighted by molar-refractivity contribution is -0.300. The predicted octanol–water partition coefficient (Wildman–Crippen LogP) is 2.35. The lowest BCUT2D eigenvalue weighted by Gasteiger charge is -2.22. The fourth-order valence-corrected chi connectivity index (χ4v) is 0.786. The molecule has 1 heterocycles. The molecule has 0 atom stereocenters. The summed E-state index contributed by atoms with van der Waals surface area (Å²) in [5, 5.41) is 0. The summed E-state index contributed by atoms with van der Waals surface area (Å²) in [6, 6.07) is 0. The van der Waals surface area contributed by atoms with Gasteiger partial charge in [0.1, 0.15) is 0 Å². The molecule has 16 heavy (non-hydrogen) atoms. The Balaban J connectivity index is 2.89. The van der Waals surface area contributed by atoms with E-state index in [0.717, 1.165) is 12.4 Å². The standard InChI is InChI=1S/C7H4F6N2O/c8-6(9,10)5(7(11,12)13)16-4-3-14-1-2-15-4/h1-3,5H. The number of hydrogen-bond acceptors (Lipinski definition) is 3. The largest absolute Gasteiger partial charge is 0.454 e. The van der Waals surface area contributed by atoms with Crippen molar-refractivity contribution in [3.8, 4) is 5.88 Å². The van der Waals surface area contributed by atoms with Crippen LogP contribution in [-0.2, 0) is 0 Å². The minimum absolute atomic E-state index is 0.657. The Morgan fingerprint density at radius 3 is 1.94 bits per heavy atom. The topological polar surface area (TPSA) is 35.0 Å². The van der Waals surface area contributed by atoms with E-state index in [4.69, 9.17) is 0 Å². The Morgan fingerprint density at radius 1 is 1.00 bits per heavy atom. The molecule has 0 aliphatic heterocycles. The summed E-state index contributed by atoms with van der Waals surface area (Å²) in [5.74, 6) is -0.845. The van der Waals surface area contributed by atoms with E-state index < -0.39 is 24.3 Å². The highest BCUT2D eigenvalue weighted by Crippen LogP contribution is 2.35. The molecule has 9 heteroatoms. The zero-order valence-corrected chi connectivity index (χ0v) is 7.38. The molecule has 0 bridgehead atoms. The van der Waals surface area contributed by atoms with Gasteiger partial charge in [0.15, 0.2) is 0 Å². The van der Waals surface area contributed by atoms with E-state index in [2.05, 4.69) is 14.7 Å². The number of halogens is 6. The lowest BCUT2D eigenvalue weighted by Crippen LogP contribution is -2.46. The van der Waals surface area contributed by atoms with Gasteiger partial charge < -0.3 is 4.74 Å². The van der Waals surface area contributed by atoms with Crippen LogP contribution in [-0.4, -0.2) is 28.4 Å². The van der Waals surface area contributed by atoms with E-state index in [1.165, 1.54) is 0 Å². The molecule has 3 nitrogen and oxygen atoms in total. The van der Waals surface area contributed by atoms with Crippen molar-refractivity contribution in [2.75, 3.05) is 0 Å². The Labute approximate surface area is 85.1 Å². The van der Waals surface area contributed by atoms with E-state index in [0.29, 0.717) is 6.20 Å². The summed E-state index contributed by atoms with van der Waals surface area (Å²) in [5.41, 5.74) is 0. The molecule has 0 unspecified atom stereocenters. The molecule has 0 aliphatic rings. The highest BCUT2D eigenvalue weighted by molar-refractivity contribution is 5.03. The first-order chi connectivity index (χ1) is 7.21. The summed E-state index contributed by atoms with van der Waals surface area (Å²) < 4.78 is 75.8. The van der Waals surface area contributed by atoms with E-state index in [1.54, 1.807) is 0 Å². The average molecular weight is 246 g/mol. The Morgan fingerprint density at radius 2 is 1.56 bits per heavy atom. The molecule has 0 spiro atoms. The van der Waals surface area contributed by atoms with E-state index in [9.17, 15) is 26.3 Å². The van der Waals surface area contributed by atoms with Crippen molar-refractivity contribution < 1.29 is 31.1 Å². The smallest absolute Gasteiger partial charge is 0.434 e. The van der Waals surface area contributed by atoms with Crippen molar-refractivity contribution in [2.24, 2.45) is 0 Å². The normalized spacial score (nSPS) is 12.9. The van der Waals surface area contributed by atoms with Crippen LogP contribution >= 0.6 is 0 Å². The first-order valence-electron chi connectivity index (χ1n) is 3.77. The third kappa shape index (κ3) is 3.24. The molecule has 0 aliphatic carbocycles. The van der Waals surface area contributed by atoms with Gasteiger partial charge >= 0.3 is 12.4 Å². The second-order valence-electron chi connectivity index (χ2n) is 2.62. The summed E-state index contributed by atoms with van der Waals surface area (Å²) >= 11 is 0. The molecule has 0 N–H and O–H groups in total. The number of nitrogens with zero attached hydrogens (tertiary/aromatic N) is 2. The van der Waals surface area contributed by atoms with Gasteiger partial charge in [0, 0.05) is 12.4 Å². The lowest BCUT2D eigenvalue weighted by atomic mass is 10.3. The summed E-state index contributed by atoms with van der Waals surface area (Å²) in [4.78, 5) is 6.44. The minimum atomic E-state index is -5.56. The summed E-state index contributed by atoms with van der Waals surface area (Å²) in [6.07, 6.45) is -12.4. The maximum absolute atomic E-state index is 12.0. The SMILES string of the molecule is FC(F)(F)C(Oc1cnccn1)C(F)(F)F. The van der Waals surface area contributed by atoms with Crippen molar-refractivity contribution in [2.45, 2.75) is 18.5 Å². The Bertz CT molecular complexity index is 321. The second kappa shape index (κ2) is 4.14. The maximum Gasteiger partial charge on any atom is 0.434 e. The number of rotatable bonds is 2. The van der Waals surface area contributed by atoms with Gasteiger partial charge in [-0.2, -0.15) is 26.3 Å². The van der Waals surface area contributed by atoms with Gasteiger partial charge in [-0.3, -0.25) is 4.98 Å². The van der Waals surface area contributed by atoms with Gasteiger partial charge in [0.2, 0.25) is 5.88 Å². The van der Waals surface area contributed by atoms with Crippen LogP contribution in [0.2, 0.25) is 0 Å². The van der Waals surface area contributed by atoms with Crippen molar-refractivity contribution >= 4 is 0 Å². The third-order valence-electron chi connectivity index (χ3n) is 1.37. The Kier molecular flexibility index (Phi) is 3.24. The van der Waals surface area contributed by atoms with Gasteiger partial charge in [-0.15, -0.1) is 0 Å². The summed E-state index contributed by atoms with van der Waals surface area (Å²) in [6.45, 7) is 0. The zero-order valence-electron chi connectivity index (χ0n) is 7.38. The molecule has 0 radical (unpaired) electrons. The predicted molar refractivity (Wildman–Crippen MR) is 38.6 cm³/mol. The van der Waals surface area contributed by atoms with Gasteiger partial charge in [0.05, 0.1) is 6.20 Å². The monoisotopic (exact) mass is 246 g/mol. The van der Waals surface area contributed by atoms with Crippen molar-refractivity contribution in [3.05, 3.63) is 18.6 Å². The molecule has 0 aromatic carbocycles. The molecule has 1 aromatic rings. The van der Waals surface area contributed by atoms with Gasteiger partial charge in [-0.1, -0.05) is 0 Å². The van der Waals surface area contributed by atoms with Crippen LogP contribution in [0.5, 0.6) is 5.88 Å². The fourth-order valence-electron chi connectivity index (χ4n) is 0.786. The maximum atomic E-state index is 12.0. The van der Waals surface area contributed by atoms with E-state index >= 15 is 0 Å². The second-order valence-corrected chi connectivity index (χ2v) is 2.62. The van der Waals surface area contributed by atoms with Crippen molar-refractivity contribution in [3.63, 3.8) is 0 Å². The van der Waals surface area contributed by atoms with Crippen molar-refractivity contribution in [1.29, 1.82) is 0 Å². The van der Waals surface area contributed by atoms with E-state index in [-0.39, 0.29) is 0 Å². The molecular weight excluding hydrogens is 242 g/mol. The fraction of sp³-hybridized carbons (Fsp3) is 0.429. The molecule has 90 valence electrons. The first-order valence-corrected chi connectivity index (χ1v) is 3.77. The van der Waals surface area contributed by atoms with Gasteiger partial charge in [-0.05, 0) is 0 Å². The molecule has 1 aromatic heterocycles. The number of ether oxygens (including phenoxy) is 1. The molecule has 0 saturated heterocycles. The average Bonchev–Trinajstić information content (AvgIpc) is 2.12. The molecule has 0 saturated carbocycles. The van der Waals surface area contributed by atoms with Crippen LogP contribution in [0.4, 0.5) is 26.3 Å². The molecule has 1 rings (SSSR count). The van der Waals surface area contributed by atoms with Crippen LogP contribution in [0.3, 0.4) is 0 Å².